The van der Waals surface area contributed by atoms with Gasteiger partial charge in [0.15, 0.2) is 0 Å². The number of aryl methyl sites for hydroxylation is 2. The second kappa shape index (κ2) is 13.7. The minimum absolute atomic E-state index is 0. The summed E-state index contributed by atoms with van der Waals surface area (Å²) in [5.74, 6) is 0. The van der Waals surface area contributed by atoms with Crippen molar-refractivity contribution in [1.82, 2.24) is 9.97 Å². The first-order chi connectivity index (χ1) is 27.3. The molecule has 0 fully saturated rings. The molecule has 0 atom stereocenters. The molecule has 3 heterocycles. The van der Waals surface area contributed by atoms with Crippen molar-refractivity contribution in [2.75, 3.05) is 0 Å². The van der Waals surface area contributed by atoms with E-state index in [1.807, 2.05) is 96.1 Å². The molecule has 1 radical (unpaired) electrons. The van der Waals surface area contributed by atoms with Gasteiger partial charge in [-0.25, -0.2) is 0 Å². The fourth-order valence-electron chi connectivity index (χ4n) is 6.24. The van der Waals surface area contributed by atoms with Gasteiger partial charge in [0, 0.05) is 51.6 Å². The zero-order chi connectivity index (χ0) is 43.1. The number of rotatable bonds is 4. The molecule has 0 unspecified atom stereocenters. The van der Waals surface area contributed by atoms with Crippen molar-refractivity contribution in [1.29, 1.82) is 0 Å². The number of aromatic nitrogens is 2. The Morgan fingerprint density at radius 1 is 0.660 bits per heavy atom. The molecule has 8 aromatic rings. The second-order valence-electron chi connectivity index (χ2n) is 14.4. The first-order valence-electron chi connectivity index (χ1n) is 21.3. The molecule has 3 aromatic heterocycles. The van der Waals surface area contributed by atoms with E-state index in [4.69, 9.17) is 18.1 Å². The summed E-state index contributed by atoms with van der Waals surface area (Å²) in [6.45, 7) is 5.77. The predicted molar refractivity (Wildman–Crippen MR) is 206 cm³/mol. The molecular weight excluding hydrogens is 789 g/mol. The molecule has 0 saturated carbocycles. The van der Waals surface area contributed by atoms with Crippen molar-refractivity contribution >= 4 is 43.5 Å². The first-order valence-corrected chi connectivity index (χ1v) is 16.3. The van der Waals surface area contributed by atoms with Crippen LogP contribution < -0.4 is 0 Å². The quantitative estimate of drug-likeness (QED) is 0.131. The Labute approximate surface area is 323 Å². The summed E-state index contributed by atoms with van der Waals surface area (Å²) in [5, 5.41) is 5.84. The Kier molecular flexibility index (Phi) is 6.79. The van der Waals surface area contributed by atoms with Gasteiger partial charge in [-0.1, -0.05) is 106 Å². The molecule has 4 heteroatoms. The molecule has 5 aromatic carbocycles. The third kappa shape index (κ3) is 7.11. The van der Waals surface area contributed by atoms with Crippen molar-refractivity contribution in [3.63, 3.8) is 0 Å². The van der Waals surface area contributed by atoms with Crippen LogP contribution in [0.1, 0.15) is 77.5 Å². The molecule has 0 saturated heterocycles. The summed E-state index contributed by atoms with van der Waals surface area (Å²) in [7, 11) is 0. The van der Waals surface area contributed by atoms with Gasteiger partial charge in [-0.3, -0.25) is 0 Å². The van der Waals surface area contributed by atoms with Crippen LogP contribution in [0.4, 0.5) is 0 Å². The average molecular weight is 843 g/mol. The standard InChI is InChI=1S/C25H16NO.C21H28N.Ir/c1-14-12-20(26-13-15(14)2)19-10-11-22-25-23(19)17-7-4-3-6-16(17)18-8-5-9-21(27-22)24(18)25;1-20(2,3)13-17-12-19(16-10-8-7-9-11-16)22-15-18(17)14-21(4,5)6;/h3-9,11-13H,1-2H3;7-10,12,15H,13-14H2,1-6H3;/q2*-1;/i1D3,2D3;13D2,14D2;. The molecule has 0 N–H and O–H groups in total. The fourth-order valence-corrected chi connectivity index (χ4v) is 6.24. The molecule has 50 heavy (non-hydrogen) atoms. The number of hydrogen-bond acceptors (Lipinski definition) is 3. The van der Waals surface area contributed by atoms with Crippen molar-refractivity contribution in [3.05, 3.63) is 132 Å². The van der Waals surface area contributed by atoms with Gasteiger partial charge >= 0.3 is 0 Å². The van der Waals surface area contributed by atoms with Gasteiger partial charge in [0.25, 0.3) is 0 Å². The summed E-state index contributed by atoms with van der Waals surface area (Å²) in [6, 6.07) is 32.5. The summed E-state index contributed by atoms with van der Waals surface area (Å²) >= 11 is 0. The van der Waals surface area contributed by atoms with E-state index in [2.05, 4.69) is 28.2 Å². The van der Waals surface area contributed by atoms with Crippen LogP contribution in [0.15, 0.2) is 102 Å². The smallest absolute Gasteiger partial charge is 0.121 e. The number of nitrogens with zero attached hydrogens (tertiary/aromatic N) is 2. The number of pyridine rings is 2. The van der Waals surface area contributed by atoms with Crippen LogP contribution in [0.3, 0.4) is 0 Å². The van der Waals surface area contributed by atoms with E-state index in [1.54, 1.807) is 18.2 Å². The SMILES string of the molecule is [2H]C([2H])([2H])c1cnc(-c2[c-]cc3oc4cccc5c6ccccc6c2c3c45)cc1C([2H])([2H])[2H].[2H]C([2H])(c1cnc(-c2[c-]cccc2)cc1C([2H])([2H])C(C)(C)C)C(C)(C)C.[Ir]. The third-order valence-corrected chi connectivity index (χ3v) is 8.15. The summed E-state index contributed by atoms with van der Waals surface area (Å²) < 4.78 is 88.0. The van der Waals surface area contributed by atoms with Crippen LogP contribution in [0.2, 0.25) is 0 Å². The summed E-state index contributed by atoms with van der Waals surface area (Å²) in [6.07, 6.45) is -0.803. The summed E-state index contributed by atoms with van der Waals surface area (Å²) in [4.78, 5) is 8.84. The predicted octanol–water partition coefficient (Wildman–Crippen LogP) is 12.5. The minimum Gasteiger partial charge on any atom is -0.500 e. The first kappa shape index (κ1) is 24.7. The van der Waals surface area contributed by atoms with Gasteiger partial charge in [0.2, 0.25) is 0 Å². The molecule has 0 amide bonds. The maximum absolute atomic E-state index is 8.77. The van der Waals surface area contributed by atoms with E-state index >= 15 is 0 Å². The van der Waals surface area contributed by atoms with Crippen LogP contribution >= 0.6 is 0 Å². The van der Waals surface area contributed by atoms with Gasteiger partial charge in [-0.05, 0) is 87.6 Å². The molecule has 3 nitrogen and oxygen atoms in total. The number of furan rings is 1. The zero-order valence-corrected chi connectivity index (χ0v) is 31.3. The van der Waals surface area contributed by atoms with Crippen molar-refractivity contribution in [3.8, 4) is 22.5 Å². The molecule has 0 aliphatic heterocycles. The topological polar surface area (TPSA) is 38.9 Å². The van der Waals surface area contributed by atoms with Gasteiger partial charge in [0.1, 0.15) is 5.58 Å². The maximum atomic E-state index is 8.77. The zero-order valence-electron chi connectivity index (χ0n) is 38.9. The van der Waals surface area contributed by atoms with Crippen LogP contribution in [0.25, 0.3) is 66.0 Å². The monoisotopic (exact) mass is 843 g/mol. The summed E-state index contributed by atoms with van der Waals surface area (Å²) in [5.41, 5.74) is 2.54. The molecule has 8 rings (SSSR count). The van der Waals surface area contributed by atoms with E-state index in [-0.39, 0.29) is 31.2 Å². The Bertz CT molecular complexity index is 2830. The third-order valence-electron chi connectivity index (χ3n) is 8.15. The van der Waals surface area contributed by atoms with Crippen molar-refractivity contribution in [2.24, 2.45) is 10.8 Å². The van der Waals surface area contributed by atoms with Crippen LogP contribution in [0.5, 0.6) is 0 Å². The van der Waals surface area contributed by atoms with Gasteiger partial charge in [0.05, 0.1) is 5.58 Å². The second-order valence-corrected chi connectivity index (χ2v) is 14.4. The van der Waals surface area contributed by atoms with Gasteiger partial charge < -0.3 is 14.4 Å². The average Bonchev–Trinajstić information content (AvgIpc) is 3.55. The maximum Gasteiger partial charge on any atom is 0.121 e. The Morgan fingerprint density at radius 3 is 2.06 bits per heavy atom. The van der Waals surface area contributed by atoms with Crippen LogP contribution in [0, 0.1) is 36.7 Å². The molecule has 0 bridgehead atoms. The number of fused-ring (bicyclic) bond motifs is 3. The van der Waals surface area contributed by atoms with E-state index in [1.165, 1.54) is 12.3 Å². The van der Waals surface area contributed by atoms with Crippen molar-refractivity contribution < 1.29 is 38.2 Å². The largest absolute Gasteiger partial charge is 0.500 e. The van der Waals surface area contributed by atoms with E-state index in [0.29, 0.717) is 33.7 Å². The van der Waals surface area contributed by atoms with Gasteiger partial charge in [-0.15, -0.1) is 53.6 Å². The molecule has 0 aliphatic carbocycles. The van der Waals surface area contributed by atoms with E-state index in [9.17, 15) is 0 Å². The fraction of sp³-hybridized carbons (Fsp3) is 0.261. The van der Waals surface area contributed by atoms with E-state index < -0.39 is 37.3 Å². The number of hydrogen-bond donors (Lipinski definition) is 0. The van der Waals surface area contributed by atoms with E-state index in [0.717, 1.165) is 49.7 Å². The Morgan fingerprint density at radius 2 is 1.34 bits per heavy atom. The molecule has 0 aliphatic rings. The normalized spacial score (nSPS) is 16.0. The molecule has 0 spiro atoms. The van der Waals surface area contributed by atoms with Crippen LogP contribution in [-0.2, 0) is 32.9 Å². The van der Waals surface area contributed by atoms with Gasteiger partial charge in [-0.2, -0.15) is 0 Å². The Balaban J connectivity index is 0.000000204. The van der Waals surface area contributed by atoms with Crippen molar-refractivity contribution in [2.45, 2.75) is 68.0 Å². The Hall–Kier alpha value is -4.37. The van der Waals surface area contributed by atoms with Crippen LogP contribution in [-0.4, -0.2) is 9.97 Å². The minimum atomic E-state index is -2.60. The molecular formula is C46H44IrN2O-2. The molecule has 255 valence electrons. The number of benzene rings is 5.